The Morgan fingerprint density at radius 3 is 1.89 bits per heavy atom. The minimum atomic E-state index is -3.66. The monoisotopic (exact) mass is 590 g/mol. The summed E-state index contributed by atoms with van der Waals surface area (Å²) >= 11 is 0. The third-order valence-electron chi connectivity index (χ3n) is 7.67. The first-order valence-corrected chi connectivity index (χ1v) is 17.4. The second-order valence-electron chi connectivity index (χ2n) is 11.1. The largest absolute Gasteiger partial charge is 0.414 e. The van der Waals surface area contributed by atoms with Gasteiger partial charge in [0.05, 0.1) is 18.9 Å². The lowest BCUT2D eigenvalue weighted by atomic mass is 9.94. The first kappa shape index (κ1) is 36.0. The molecular formula is C24H51O12PSi. The zero-order valence-electron chi connectivity index (χ0n) is 25.1. The summed E-state index contributed by atoms with van der Waals surface area (Å²) in [6.45, 7) is 15.6. The van der Waals surface area contributed by atoms with Crippen LogP contribution in [-0.2, 0) is 46.5 Å². The van der Waals surface area contributed by atoms with E-state index in [0.29, 0.717) is 6.61 Å². The van der Waals surface area contributed by atoms with Gasteiger partial charge in [0, 0.05) is 35.0 Å². The standard InChI is InChI=1S/C24H51O12PSi/c1-13-32-16-33-19(17(25)14-34-38(11,12)22(2,3)4)21-20(18(26)15-37(27,30-9)31-10)35-23(5,28-7)24(6,29-8)36-21/h17-21,25-26H,13-16H2,1-12H3/t17-,18?,19-,20+,21+,23-,24-/m1/s1. The molecule has 1 fully saturated rings. The van der Waals surface area contributed by atoms with E-state index in [-0.39, 0.29) is 18.4 Å². The molecule has 0 radical (unpaired) electrons. The second kappa shape index (κ2) is 14.3. The molecule has 0 saturated carbocycles. The quantitative estimate of drug-likeness (QED) is 0.118. The van der Waals surface area contributed by atoms with Gasteiger partial charge in [-0.25, -0.2) is 0 Å². The van der Waals surface area contributed by atoms with Gasteiger partial charge in [0.25, 0.3) is 0 Å². The molecule has 0 spiro atoms. The van der Waals surface area contributed by atoms with Crippen molar-refractivity contribution in [3.8, 4) is 0 Å². The number of aliphatic hydroxyl groups excluding tert-OH is 2. The topological polar surface area (TPSA) is 141 Å². The van der Waals surface area contributed by atoms with Crippen molar-refractivity contribution < 1.29 is 56.7 Å². The Hall–Kier alpha value is 0.00688. The molecule has 2 N–H and O–H groups in total. The van der Waals surface area contributed by atoms with Gasteiger partial charge in [0.15, 0.2) is 8.32 Å². The molecule has 0 aromatic carbocycles. The van der Waals surface area contributed by atoms with Crippen LogP contribution in [0.4, 0.5) is 0 Å². The zero-order chi connectivity index (χ0) is 29.6. The van der Waals surface area contributed by atoms with E-state index in [0.717, 1.165) is 0 Å². The molecule has 1 rings (SSSR count). The van der Waals surface area contributed by atoms with Crippen LogP contribution in [0.15, 0.2) is 0 Å². The van der Waals surface area contributed by atoms with Crippen molar-refractivity contribution in [2.75, 3.05) is 54.6 Å². The van der Waals surface area contributed by atoms with E-state index in [2.05, 4.69) is 33.9 Å². The third kappa shape index (κ3) is 8.51. The van der Waals surface area contributed by atoms with Gasteiger partial charge < -0.3 is 52.1 Å². The number of aliphatic hydroxyl groups is 2. The van der Waals surface area contributed by atoms with Crippen LogP contribution in [0.5, 0.6) is 0 Å². The van der Waals surface area contributed by atoms with Gasteiger partial charge in [-0.05, 0) is 38.9 Å². The molecule has 1 aliphatic heterocycles. The average Bonchev–Trinajstić information content (AvgIpc) is 2.85. The van der Waals surface area contributed by atoms with Gasteiger partial charge >= 0.3 is 7.60 Å². The van der Waals surface area contributed by atoms with Gasteiger partial charge in [-0.3, -0.25) is 4.57 Å². The van der Waals surface area contributed by atoms with Crippen LogP contribution in [0, 0.1) is 0 Å². The fraction of sp³-hybridized carbons (Fsp3) is 1.00. The maximum absolute atomic E-state index is 12.9. The number of rotatable bonds is 16. The molecule has 228 valence electrons. The van der Waals surface area contributed by atoms with E-state index in [1.165, 1.54) is 28.4 Å². The highest BCUT2D eigenvalue weighted by Crippen LogP contribution is 2.49. The van der Waals surface area contributed by atoms with Crippen molar-refractivity contribution in [1.29, 1.82) is 0 Å². The molecule has 0 aromatic heterocycles. The fourth-order valence-electron chi connectivity index (χ4n) is 3.68. The molecule has 1 unspecified atom stereocenters. The van der Waals surface area contributed by atoms with E-state index < -0.39 is 64.2 Å². The Kier molecular flexibility index (Phi) is 13.5. The summed E-state index contributed by atoms with van der Waals surface area (Å²) in [7, 11) is -0.605. The first-order chi connectivity index (χ1) is 17.4. The van der Waals surface area contributed by atoms with Crippen LogP contribution in [0.25, 0.3) is 0 Å². The molecule has 0 bridgehead atoms. The highest BCUT2D eigenvalue weighted by Gasteiger charge is 2.60. The normalized spacial score (nSPS) is 29.7. The van der Waals surface area contributed by atoms with Crippen LogP contribution in [0.3, 0.4) is 0 Å². The molecule has 1 saturated heterocycles. The molecule has 0 amide bonds. The number of methoxy groups -OCH3 is 2. The molecule has 0 aromatic rings. The van der Waals surface area contributed by atoms with Crippen molar-refractivity contribution in [3.05, 3.63) is 0 Å². The smallest absolute Gasteiger partial charge is 0.332 e. The van der Waals surface area contributed by atoms with Crippen molar-refractivity contribution in [2.45, 2.75) is 102 Å². The fourth-order valence-corrected chi connectivity index (χ4v) is 5.82. The van der Waals surface area contributed by atoms with Crippen molar-refractivity contribution >= 4 is 15.9 Å². The summed E-state index contributed by atoms with van der Waals surface area (Å²) < 4.78 is 64.4. The number of hydrogen-bond donors (Lipinski definition) is 2. The van der Waals surface area contributed by atoms with Gasteiger partial charge in [0.1, 0.15) is 31.2 Å². The van der Waals surface area contributed by atoms with Crippen LogP contribution >= 0.6 is 7.60 Å². The minimum absolute atomic E-state index is 0.0597. The van der Waals surface area contributed by atoms with E-state index in [9.17, 15) is 14.8 Å². The van der Waals surface area contributed by atoms with E-state index >= 15 is 0 Å². The maximum Gasteiger partial charge on any atom is 0.332 e. The Morgan fingerprint density at radius 1 is 0.974 bits per heavy atom. The summed E-state index contributed by atoms with van der Waals surface area (Å²) in [4.78, 5) is 0. The highest BCUT2D eigenvalue weighted by molar-refractivity contribution is 7.53. The molecule has 14 heteroatoms. The second-order valence-corrected chi connectivity index (χ2v) is 18.2. The Morgan fingerprint density at radius 2 is 1.47 bits per heavy atom. The predicted molar refractivity (Wildman–Crippen MR) is 144 cm³/mol. The summed E-state index contributed by atoms with van der Waals surface area (Å²) in [5.74, 6) is -2.98. The lowest BCUT2D eigenvalue weighted by Crippen LogP contribution is -2.70. The first-order valence-electron chi connectivity index (χ1n) is 12.8. The molecular weight excluding hydrogens is 539 g/mol. The third-order valence-corrected chi connectivity index (χ3v) is 14.1. The maximum atomic E-state index is 12.9. The Balaban J connectivity index is 3.48. The minimum Gasteiger partial charge on any atom is -0.414 e. The lowest BCUT2D eigenvalue weighted by molar-refractivity contribution is -0.462. The van der Waals surface area contributed by atoms with Gasteiger partial charge in [-0.2, -0.15) is 0 Å². The predicted octanol–water partition coefficient (Wildman–Crippen LogP) is 3.10. The number of hydrogen-bond acceptors (Lipinski definition) is 12. The van der Waals surface area contributed by atoms with Crippen LogP contribution in [0.1, 0.15) is 41.5 Å². The Bertz CT molecular complexity index is 757. The van der Waals surface area contributed by atoms with E-state index in [1.807, 2.05) is 0 Å². The van der Waals surface area contributed by atoms with Gasteiger partial charge in [-0.15, -0.1) is 0 Å². The van der Waals surface area contributed by atoms with Crippen molar-refractivity contribution in [1.82, 2.24) is 0 Å². The van der Waals surface area contributed by atoms with Crippen molar-refractivity contribution in [3.63, 3.8) is 0 Å². The molecule has 12 nitrogen and oxygen atoms in total. The summed E-state index contributed by atoms with van der Waals surface area (Å²) in [6, 6.07) is 0. The summed E-state index contributed by atoms with van der Waals surface area (Å²) in [6.07, 6.45) is -6.52. The summed E-state index contributed by atoms with van der Waals surface area (Å²) in [5, 5.41) is 22.5. The SMILES string of the molecule is CCOCO[C@@H]([C@@H]1O[C@@](C)(OC)[C@](C)(OC)O[C@H]1C(O)CP(=O)(OC)OC)[C@H](O)CO[Si](C)(C)C(C)(C)C. The number of ether oxygens (including phenoxy) is 6. The van der Waals surface area contributed by atoms with Crippen LogP contribution in [0.2, 0.25) is 18.1 Å². The van der Waals surface area contributed by atoms with Gasteiger partial charge in [0.2, 0.25) is 11.6 Å². The molecule has 38 heavy (non-hydrogen) atoms. The average molecular weight is 591 g/mol. The molecule has 0 aliphatic carbocycles. The Labute approximate surface area is 229 Å². The van der Waals surface area contributed by atoms with Crippen LogP contribution < -0.4 is 0 Å². The highest BCUT2D eigenvalue weighted by atomic mass is 31.2. The van der Waals surface area contributed by atoms with Gasteiger partial charge in [-0.1, -0.05) is 20.8 Å². The molecule has 7 atom stereocenters. The van der Waals surface area contributed by atoms with Crippen LogP contribution in [-0.4, -0.2) is 115 Å². The van der Waals surface area contributed by atoms with E-state index in [4.69, 9.17) is 41.9 Å². The summed E-state index contributed by atoms with van der Waals surface area (Å²) in [5.41, 5.74) is 0. The molecule has 1 heterocycles. The van der Waals surface area contributed by atoms with Crippen molar-refractivity contribution in [2.24, 2.45) is 0 Å². The van der Waals surface area contributed by atoms with E-state index in [1.54, 1.807) is 20.8 Å². The zero-order valence-corrected chi connectivity index (χ0v) is 27.0. The lowest BCUT2D eigenvalue weighted by Gasteiger charge is -2.54. The molecule has 1 aliphatic rings.